The van der Waals surface area contributed by atoms with E-state index in [1.54, 1.807) is 27.0 Å². The molecule has 0 unspecified atom stereocenters. The zero-order valence-electron chi connectivity index (χ0n) is 11.7. The van der Waals surface area contributed by atoms with Crippen molar-refractivity contribution in [2.75, 3.05) is 18.5 Å². The van der Waals surface area contributed by atoms with E-state index in [4.69, 9.17) is 9.47 Å². The molecule has 0 atom stereocenters. The second-order valence-electron chi connectivity index (χ2n) is 3.69. The van der Waals surface area contributed by atoms with E-state index in [9.17, 15) is 9.59 Å². The van der Waals surface area contributed by atoms with Gasteiger partial charge in [0.2, 0.25) is 0 Å². The average Bonchev–Trinajstić information content (AvgIpc) is 2.42. The van der Waals surface area contributed by atoms with Gasteiger partial charge in [-0.15, -0.1) is 0 Å². The van der Waals surface area contributed by atoms with Gasteiger partial charge < -0.3 is 14.8 Å². The maximum Gasteiger partial charge on any atom is 0.347 e. The molecule has 1 N–H and O–H groups in total. The van der Waals surface area contributed by atoms with Crippen LogP contribution in [0.3, 0.4) is 0 Å². The van der Waals surface area contributed by atoms with Crippen molar-refractivity contribution < 1.29 is 19.1 Å². The van der Waals surface area contributed by atoms with Crippen LogP contribution in [0.25, 0.3) is 0 Å². The van der Waals surface area contributed by atoms with Crippen molar-refractivity contribution in [1.82, 2.24) is 9.97 Å². The SMILES string of the molecule is CCOC(=O)C(=CNc1cnc(C)cn1)C(=O)OCC. The number of carbonyl (C=O) groups is 2. The fourth-order valence-electron chi connectivity index (χ4n) is 1.23. The summed E-state index contributed by atoms with van der Waals surface area (Å²) in [4.78, 5) is 31.4. The van der Waals surface area contributed by atoms with Crippen LogP contribution in [0, 0.1) is 6.92 Å². The lowest BCUT2D eigenvalue weighted by Gasteiger charge is -2.07. The highest BCUT2D eigenvalue weighted by Crippen LogP contribution is 2.05. The molecule has 0 aromatic carbocycles. The van der Waals surface area contributed by atoms with E-state index in [1.165, 1.54) is 12.4 Å². The number of hydrogen-bond acceptors (Lipinski definition) is 7. The summed E-state index contributed by atoms with van der Waals surface area (Å²) < 4.78 is 9.59. The van der Waals surface area contributed by atoms with Gasteiger partial charge in [-0.25, -0.2) is 14.6 Å². The minimum absolute atomic E-state index is 0.167. The third-order valence-electron chi connectivity index (χ3n) is 2.14. The van der Waals surface area contributed by atoms with E-state index in [-0.39, 0.29) is 18.8 Å². The molecule has 0 bridgehead atoms. The molecule has 0 spiro atoms. The molecule has 1 rings (SSSR count). The first-order valence-electron chi connectivity index (χ1n) is 6.18. The van der Waals surface area contributed by atoms with E-state index < -0.39 is 11.9 Å². The van der Waals surface area contributed by atoms with Gasteiger partial charge >= 0.3 is 11.9 Å². The van der Waals surface area contributed by atoms with Crippen molar-refractivity contribution in [1.29, 1.82) is 0 Å². The fourth-order valence-corrected chi connectivity index (χ4v) is 1.23. The van der Waals surface area contributed by atoms with Gasteiger partial charge in [0.15, 0.2) is 5.57 Å². The molecule has 0 aliphatic rings. The minimum atomic E-state index is -0.751. The number of ether oxygens (including phenoxy) is 2. The van der Waals surface area contributed by atoms with Crippen LogP contribution in [-0.2, 0) is 19.1 Å². The first-order chi connectivity index (χ1) is 9.58. The van der Waals surface area contributed by atoms with Gasteiger partial charge in [0, 0.05) is 6.20 Å². The Morgan fingerprint density at radius 3 is 2.20 bits per heavy atom. The molecule has 0 radical (unpaired) electrons. The van der Waals surface area contributed by atoms with E-state index in [0.29, 0.717) is 5.82 Å². The third-order valence-corrected chi connectivity index (χ3v) is 2.14. The summed E-state index contributed by atoms with van der Waals surface area (Å²) >= 11 is 0. The molecule has 0 aliphatic carbocycles. The molecular weight excluding hydrogens is 262 g/mol. The maximum atomic E-state index is 11.7. The summed E-state index contributed by atoms with van der Waals surface area (Å²) in [5.41, 5.74) is 0.534. The number of rotatable bonds is 6. The summed E-state index contributed by atoms with van der Waals surface area (Å²) in [6, 6.07) is 0. The van der Waals surface area contributed by atoms with Crippen LogP contribution >= 0.6 is 0 Å². The quantitative estimate of drug-likeness (QED) is 0.362. The Labute approximate surface area is 117 Å². The predicted molar refractivity (Wildman–Crippen MR) is 71.7 cm³/mol. The van der Waals surface area contributed by atoms with Crippen molar-refractivity contribution in [3.63, 3.8) is 0 Å². The molecule has 0 aliphatic heterocycles. The summed E-state index contributed by atoms with van der Waals surface area (Å²) in [7, 11) is 0. The average molecular weight is 279 g/mol. The zero-order valence-corrected chi connectivity index (χ0v) is 11.7. The number of aromatic nitrogens is 2. The Hall–Kier alpha value is -2.44. The normalized spacial score (nSPS) is 9.55. The molecule has 1 aromatic heterocycles. The maximum absolute atomic E-state index is 11.7. The van der Waals surface area contributed by atoms with Crippen LogP contribution in [0.15, 0.2) is 24.2 Å². The Kier molecular flexibility index (Phi) is 6.15. The highest BCUT2D eigenvalue weighted by Gasteiger charge is 2.20. The predicted octanol–water partition coefficient (Wildman–Crippen LogP) is 1.21. The van der Waals surface area contributed by atoms with Crippen LogP contribution in [0.4, 0.5) is 5.82 Å². The highest BCUT2D eigenvalue weighted by molar-refractivity contribution is 6.14. The first kappa shape index (κ1) is 15.6. The van der Waals surface area contributed by atoms with E-state index in [0.717, 1.165) is 5.69 Å². The van der Waals surface area contributed by atoms with Gasteiger partial charge in [0.25, 0.3) is 0 Å². The Morgan fingerprint density at radius 2 is 1.75 bits per heavy atom. The second kappa shape index (κ2) is 7.88. The summed E-state index contributed by atoms with van der Waals surface area (Å²) in [5, 5.41) is 2.71. The number of esters is 2. The van der Waals surface area contributed by atoms with E-state index in [1.807, 2.05) is 0 Å². The largest absolute Gasteiger partial charge is 0.462 e. The van der Waals surface area contributed by atoms with Gasteiger partial charge in [-0.1, -0.05) is 0 Å². The molecular formula is C13H17N3O4. The van der Waals surface area contributed by atoms with Crippen LogP contribution in [0.5, 0.6) is 0 Å². The lowest BCUT2D eigenvalue weighted by molar-refractivity contribution is -0.146. The van der Waals surface area contributed by atoms with Gasteiger partial charge in [0.05, 0.1) is 31.3 Å². The van der Waals surface area contributed by atoms with Crippen molar-refractivity contribution in [2.24, 2.45) is 0 Å². The van der Waals surface area contributed by atoms with Crippen molar-refractivity contribution >= 4 is 17.8 Å². The summed E-state index contributed by atoms with van der Waals surface area (Å²) in [6.45, 7) is 5.44. The highest BCUT2D eigenvalue weighted by atomic mass is 16.6. The molecule has 7 heteroatoms. The van der Waals surface area contributed by atoms with E-state index >= 15 is 0 Å². The minimum Gasteiger partial charge on any atom is -0.462 e. The Balaban J connectivity index is 2.86. The number of hydrogen-bond donors (Lipinski definition) is 1. The van der Waals surface area contributed by atoms with Crippen molar-refractivity contribution in [2.45, 2.75) is 20.8 Å². The molecule has 108 valence electrons. The Bertz CT molecular complexity index is 477. The van der Waals surface area contributed by atoms with Crippen LogP contribution in [0.1, 0.15) is 19.5 Å². The second-order valence-corrected chi connectivity index (χ2v) is 3.69. The first-order valence-corrected chi connectivity index (χ1v) is 6.18. The topological polar surface area (TPSA) is 90.4 Å². The van der Waals surface area contributed by atoms with Gasteiger partial charge in [0.1, 0.15) is 5.82 Å². The summed E-state index contributed by atoms with van der Waals surface area (Å²) in [6.07, 6.45) is 4.25. The molecule has 7 nitrogen and oxygen atoms in total. The lowest BCUT2D eigenvalue weighted by Crippen LogP contribution is -2.19. The number of aryl methyl sites for hydroxylation is 1. The molecule has 0 fully saturated rings. The van der Waals surface area contributed by atoms with Crippen LogP contribution in [0.2, 0.25) is 0 Å². The number of nitrogens with zero attached hydrogens (tertiary/aromatic N) is 2. The van der Waals surface area contributed by atoms with Crippen LogP contribution < -0.4 is 5.32 Å². The number of nitrogens with one attached hydrogen (secondary N) is 1. The number of anilines is 1. The molecule has 0 saturated carbocycles. The third kappa shape index (κ3) is 4.68. The number of carbonyl (C=O) groups excluding carboxylic acids is 2. The fraction of sp³-hybridized carbons (Fsp3) is 0.385. The van der Waals surface area contributed by atoms with E-state index in [2.05, 4.69) is 15.3 Å². The smallest absolute Gasteiger partial charge is 0.347 e. The van der Waals surface area contributed by atoms with Crippen molar-refractivity contribution in [3.05, 3.63) is 29.9 Å². The van der Waals surface area contributed by atoms with Gasteiger partial charge in [-0.05, 0) is 20.8 Å². The summed E-state index contributed by atoms with van der Waals surface area (Å²) in [5.74, 6) is -1.10. The van der Waals surface area contributed by atoms with Crippen LogP contribution in [-0.4, -0.2) is 35.1 Å². The zero-order chi connectivity index (χ0) is 15.0. The molecule has 0 amide bonds. The standard InChI is InChI=1S/C13H17N3O4/c1-4-19-12(17)10(13(18)20-5-2)7-16-11-8-14-9(3)6-15-11/h6-8H,4-5H2,1-3H3,(H,15,16). The van der Waals surface area contributed by atoms with Crippen molar-refractivity contribution in [3.8, 4) is 0 Å². The lowest BCUT2D eigenvalue weighted by atomic mass is 10.3. The Morgan fingerprint density at radius 1 is 1.15 bits per heavy atom. The monoisotopic (exact) mass is 279 g/mol. The molecule has 1 aromatic rings. The molecule has 0 saturated heterocycles. The van der Waals surface area contributed by atoms with Gasteiger partial charge in [-0.3, -0.25) is 4.98 Å². The molecule has 20 heavy (non-hydrogen) atoms. The van der Waals surface area contributed by atoms with Gasteiger partial charge in [-0.2, -0.15) is 0 Å². The molecule has 1 heterocycles.